The van der Waals surface area contributed by atoms with Gasteiger partial charge in [0.1, 0.15) is 11.5 Å². The predicted molar refractivity (Wildman–Crippen MR) is 110 cm³/mol. The molecule has 1 aliphatic rings. The van der Waals surface area contributed by atoms with Gasteiger partial charge in [0.25, 0.3) is 0 Å². The minimum Gasteiger partial charge on any atom is -0.497 e. The Kier molecular flexibility index (Phi) is 7.72. The van der Waals surface area contributed by atoms with Crippen LogP contribution in [0.1, 0.15) is 45.6 Å². The minimum atomic E-state index is -0.309. The molecule has 0 aromatic heterocycles. The highest BCUT2D eigenvalue weighted by atomic mass is 16.5. The maximum atomic E-state index is 13.0. The largest absolute Gasteiger partial charge is 0.497 e. The lowest BCUT2D eigenvalue weighted by Gasteiger charge is -2.21. The average molecular weight is 391 g/mol. The molecule has 1 aliphatic heterocycles. The van der Waals surface area contributed by atoms with Gasteiger partial charge in [-0.15, -0.1) is 0 Å². The number of rotatable bonds is 8. The predicted octanol–water partition coefficient (Wildman–Crippen LogP) is 3.06. The molecular formula is C22H34N2O4. The van der Waals surface area contributed by atoms with E-state index in [9.17, 15) is 9.59 Å². The van der Waals surface area contributed by atoms with Gasteiger partial charge in [-0.1, -0.05) is 27.7 Å². The van der Waals surface area contributed by atoms with Crippen molar-refractivity contribution in [2.45, 2.75) is 40.0 Å². The molecule has 0 spiro atoms. The van der Waals surface area contributed by atoms with Crippen molar-refractivity contribution < 1.29 is 19.1 Å². The molecule has 2 amide bonds. The Morgan fingerprint density at radius 3 is 2.39 bits per heavy atom. The van der Waals surface area contributed by atoms with Gasteiger partial charge in [-0.25, -0.2) is 0 Å². The highest BCUT2D eigenvalue weighted by molar-refractivity contribution is 5.83. The van der Waals surface area contributed by atoms with Gasteiger partial charge in [0, 0.05) is 37.5 Å². The summed E-state index contributed by atoms with van der Waals surface area (Å²) in [6.45, 7) is 9.76. The van der Waals surface area contributed by atoms with E-state index < -0.39 is 0 Å². The van der Waals surface area contributed by atoms with Crippen molar-refractivity contribution in [3.05, 3.63) is 23.8 Å². The quantitative estimate of drug-likeness (QED) is 0.741. The van der Waals surface area contributed by atoms with Crippen LogP contribution in [0.15, 0.2) is 18.2 Å². The molecule has 1 saturated heterocycles. The van der Waals surface area contributed by atoms with Crippen molar-refractivity contribution in [2.24, 2.45) is 17.8 Å². The summed E-state index contributed by atoms with van der Waals surface area (Å²) in [6.07, 6.45) is 0.488. The molecule has 1 heterocycles. The molecule has 1 aromatic carbocycles. The lowest BCUT2D eigenvalue weighted by Crippen LogP contribution is -2.37. The van der Waals surface area contributed by atoms with E-state index in [4.69, 9.17) is 9.47 Å². The lowest BCUT2D eigenvalue weighted by atomic mass is 9.87. The van der Waals surface area contributed by atoms with E-state index >= 15 is 0 Å². The molecule has 2 rings (SSSR count). The molecule has 0 bridgehead atoms. The van der Waals surface area contributed by atoms with E-state index in [1.54, 1.807) is 14.2 Å². The Hall–Kier alpha value is -2.24. The molecule has 6 heteroatoms. The van der Waals surface area contributed by atoms with Crippen molar-refractivity contribution in [3.8, 4) is 11.5 Å². The fourth-order valence-electron chi connectivity index (χ4n) is 3.63. The van der Waals surface area contributed by atoms with Crippen LogP contribution >= 0.6 is 0 Å². The standard InChI is InChI=1S/C22H34N2O4/c1-14(2)9-21(25)24-12-18(19(13-24)22(26)23-11-15(3)4)17-10-16(27-5)7-8-20(17)28-6/h7-8,10,14-15,18-19H,9,11-13H2,1-6H3,(H,23,26). The molecule has 0 radical (unpaired) electrons. The molecule has 0 aliphatic carbocycles. The van der Waals surface area contributed by atoms with Crippen LogP contribution in [0.5, 0.6) is 11.5 Å². The van der Waals surface area contributed by atoms with E-state index in [-0.39, 0.29) is 29.6 Å². The molecule has 1 aromatic rings. The van der Waals surface area contributed by atoms with Crippen LogP contribution in [0.2, 0.25) is 0 Å². The van der Waals surface area contributed by atoms with E-state index in [0.29, 0.717) is 43.5 Å². The molecule has 1 fully saturated rings. The highest BCUT2D eigenvalue weighted by Crippen LogP contribution is 2.39. The number of nitrogens with one attached hydrogen (secondary N) is 1. The summed E-state index contributed by atoms with van der Waals surface area (Å²) in [5.41, 5.74) is 0.909. The zero-order chi connectivity index (χ0) is 20.8. The second-order valence-electron chi connectivity index (χ2n) is 8.36. The van der Waals surface area contributed by atoms with Crippen molar-refractivity contribution in [1.29, 1.82) is 0 Å². The summed E-state index contributed by atoms with van der Waals surface area (Å²) in [6, 6.07) is 5.62. The maximum absolute atomic E-state index is 13.0. The Morgan fingerprint density at radius 1 is 1.11 bits per heavy atom. The molecule has 1 N–H and O–H groups in total. The Morgan fingerprint density at radius 2 is 1.82 bits per heavy atom. The number of nitrogens with zero attached hydrogens (tertiary/aromatic N) is 1. The summed E-state index contributed by atoms with van der Waals surface area (Å²) in [4.78, 5) is 27.5. The van der Waals surface area contributed by atoms with Crippen molar-refractivity contribution in [3.63, 3.8) is 0 Å². The van der Waals surface area contributed by atoms with Crippen molar-refractivity contribution in [1.82, 2.24) is 10.2 Å². The molecule has 2 atom stereocenters. The van der Waals surface area contributed by atoms with Crippen LogP contribution in [0, 0.1) is 17.8 Å². The van der Waals surface area contributed by atoms with Gasteiger partial charge in [0.15, 0.2) is 0 Å². The molecular weight excluding hydrogens is 356 g/mol. The summed E-state index contributed by atoms with van der Waals surface area (Å²) in [5.74, 6) is 1.73. The molecule has 6 nitrogen and oxygen atoms in total. The fraction of sp³-hybridized carbons (Fsp3) is 0.636. The first kappa shape index (κ1) is 22.1. The van der Waals surface area contributed by atoms with E-state index in [0.717, 1.165) is 5.56 Å². The van der Waals surface area contributed by atoms with Gasteiger partial charge in [-0.3, -0.25) is 9.59 Å². The van der Waals surface area contributed by atoms with E-state index in [1.165, 1.54) is 0 Å². The molecule has 156 valence electrons. The van der Waals surface area contributed by atoms with Crippen LogP contribution in [0.4, 0.5) is 0 Å². The van der Waals surface area contributed by atoms with Crippen LogP contribution in [-0.2, 0) is 9.59 Å². The second-order valence-corrected chi connectivity index (χ2v) is 8.36. The van der Waals surface area contributed by atoms with Gasteiger partial charge in [0.2, 0.25) is 11.8 Å². The Labute approximate surface area is 168 Å². The first-order chi connectivity index (χ1) is 13.3. The minimum absolute atomic E-state index is 0.0107. The Bertz CT molecular complexity index is 687. The summed E-state index contributed by atoms with van der Waals surface area (Å²) in [5, 5.41) is 3.04. The lowest BCUT2D eigenvalue weighted by molar-refractivity contribution is -0.131. The zero-order valence-corrected chi connectivity index (χ0v) is 18.0. The zero-order valence-electron chi connectivity index (χ0n) is 18.0. The van der Waals surface area contributed by atoms with Crippen molar-refractivity contribution >= 4 is 11.8 Å². The summed E-state index contributed by atoms with van der Waals surface area (Å²) < 4.78 is 10.9. The highest BCUT2D eigenvalue weighted by Gasteiger charge is 2.41. The SMILES string of the molecule is COc1ccc(OC)c(C2CN(C(=O)CC(C)C)CC2C(=O)NCC(C)C)c1. The van der Waals surface area contributed by atoms with Gasteiger partial charge in [-0.2, -0.15) is 0 Å². The smallest absolute Gasteiger partial charge is 0.225 e. The number of likely N-dealkylation sites (tertiary alicyclic amines) is 1. The normalized spacial score (nSPS) is 19.2. The van der Waals surface area contributed by atoms with Gasteiger partial charge in [-0.05, 0) is 30.0 Å². The first-order valence-electron chi connectivity index (χ1n) is 10.0. The van der Waals surface area contributed by atoms with E-state index in [2.05, 4.69) is 19.2 Å². The average Bonchev–Trinajstić information content (AvgIpc) is 3.10. The topological polar surface area (TPSA) is 67.9 Å². The number of benzene rings is 1. The number of ether oxygens (including phenoxy) is 2. The summed E-state index contributed by atoms with van der Waals surface area (Å²) in [7, 11) is 3.24. The third kappa shape index (κ3) is 5.40. The summed E-state index contributed by atoms with van der Waals surface area (Å²) >= 11 is 0. The first-order valence-corrected chi connectivity index (χ1v) is 10.0. The molecule has 28 heavy (non-hydrogen) atoms. The van der Waals surface area contributed by atoms with Crippen LogP contribution in [0.25, 0.3) is 0 Å². The monoisotopic (exact) mass is 390 g/mol. The van der Waals surface area contributed by atoms with Crippen LogP contribution < -0.4 is 14.8 Å². The fourth-order valence-corrected chi connectivity index (χ4v) is 3.63. The maximum Gasteiger partial charge on any atom is 0.225 e. The third-order valence-corrected chi connectivity index (χ3v) is 5.11. The second kappa shape index (κ2) is 9.80. The molecule has 2 unspecified atom stereocenters. The van der Waals surface area contributed by atoms with Crippen LogP contribution in [-0.4, -0.2) is 50.6 Å². The number of hydrogen-bond acceptors (Lipinski definition) is 4. The van der Waals surface area contributed by atoms with Gasteiger partial charge in [0.05, 0.1) is 20.1 Å². The number of carbonyl (C=O) groups is 2. The third-order valence-electron chi connectivity index (χ3n) is 5.11. The number of carbonyl (C=O) groups excluding carboxylic acids is 2. The number of methoxy groups -OCH3 is 2. The Balaban J connectivity index is 2.33. The van der Waals surface area contributed by atoms with Gasteiger partial charge < -0.3 is 19.7 Å². The van der Waals surface area contributed by atoms with Gasteiger partial charge >= 0.3 is 0 Å². The number of amides is 2. The van der Waals surface area contributed by atoms with Crippen LogP contribution in [0.3, 0.4) is 0 Å². The molecule has 0 saturated carbocycles. The van der Waals surface area contributed by atoms with E-state index in [1.807, 2.05) is 36.9 Å². The van der Waals surface area contributed by atoms with Crippen molar-refractivity contribution in [2.75, 3.05) is 33.9 Å². The number of hydrogen-bond donors (Lipinski definition) is 1.